The molecule has 0 saturated carbocycles. The van der Waals surface area contributed by atoms with Crippen molar-refractivity contribution in [1.29, 1.82) is 0 Å². The van der Waals surface area contributed by atoms with Crippen LogP contribution in [-0.4, -0.2) is 41.6 Å². The molecule has 6 heteroatoms. The first-order chi connectivity index (χ1) is 11.2. The smallest absolute Gasteiger partial charge is 0.410 e. The predicted octanol–water partition coefficient (Wildman–Crippen LogP) is 3.44. The second kappa shape index (κ2) is 7.83. The van der Waals surface area contributed by atoms with E-state index in [0.29, 0.717) is 18.7 Å². The lowest BCUT2D eigenvalue weighted by atomic mass is 10.1. The average Bonchev–Trinajstić information content (AvgIpc) is 2.89. The predicted molar refractivity (Wildman–Crippen MR) is 97.7 cm³/mol. The molecule has 1 aliphatic carbocycles. The molecule has 0 aromatic rings. The summed E-state index contributed by atoms with van der Waals surface area (Å²) in [5.41, 5.74) is 0.0688. The maximum atomic E-state index is 12.4. The van der Waals surface area contributed by atoms with Gasteiger partial charge in [-0.3, -0.25) is 4.79 Å². The second-order valence-corrected chi connectivity index (χ2v) is 7.69. The van der Waals surface area contributed by atoms with E-state index in [9.17, 15) is 9.59 Å². The van der Waals surface area contributed by atoms with Gasteiger partial charge in [-0.15, -0.1) is 0 Å². The number of ether oxygens (including phenoxy) is 1. The van der Waals surface area contributed by atoms with Gasteiger partial charge in [0.05, 0.1) is 0 Å². The fourth-order valence-corrected chi connectivity index (χ4v) is 2.69. The van der Waals surface area contributed by atoms with Crippen molar-refractivity contribution in [2.24, 2.45) is 0 Å². The molecule has 5 nitrogen and oxygen atoms in total. The quantitative estimate of drug-likeness (QED) is 0.779. The summed E-state index contributed by atoms with van der Waals surface area (Å²) in [6, 6.07) is -0.0592. The molecule has 2 aliphatic rings. The van der Waals surface area contributed by atoms with Crippen LogP contribution in [0.4, 0.5) is 4.79 Å². The highest BCUT2D eigenvalue weighted by atomic mass is 79.9. The Kier molecular flexibility index (Phi) is 6.04. The Balaban J connectivity index is 1.89. The Labute approximate surface area is 151 Å². The highest BCUT2D eigenvalue weighted by Crippen LogP contribution is 2.16. The molecule has 0 bridgehead atoms. The van der Waals surface area contributed by atoms with E-state index in [-0.39, 0.29) is 18.0 Å². The van der Waals surface area contributed by atoms with E-state index >= 15 is 0 Å². The fourth-order valence-electron chi connectivity index (χ4n) is 2.39. The number of carbonyl (C=O) groups is 2. The number of hydrogen-bond donors (Lipinski definition) is 1. The summed E-state index contributed by atoms with van der Waals surface area (Å²) in [5.74, 6) is -0.140. The molecule has 1 N–H and O–H groups in total. The first-order valence-corrected chi connectivity index (χ1v) is 8.75. The highest BCUT2D eigenvalue weighted by molar-refractivity contribution is 9.11. The van der Waals surface area contributed by atoms with Gasteiger partial charge in [0.2, 0.25) is 0 Å². The zero-order chi connectivity index (χ0) is 17.7. The standard InChI is InChI=1S/C18H23BrN2O3/c1-18(2,3)24-17(23)21-11-10-15(12-21)20-16(22)13-6-4-8-14(19)9-5-7-13/h4-9,15H,10-12H2,1-3H3,(H,20,22)/b6-4?,7-5?,8-4-,9-5?,13-6?,13-7?,14-8?,14-9+/t15-/m1/s1. The van der Waals surface area contributed by atoms with E-state index in [0.717, 1.165) is 10.9 Å². The molecular weight excluding hydrogens is 372 g/mol. The van der Waals surface area contributed by atoms with Crippen molar-refractivity contribution in [2.75, 3.05) is 13.1 Å². The molecule has 1 fully saturated rings. The van der Waals surface area contributed by atoms with Gasteiger partial charge in [0, 0.05) is 29.2 Å². The lowest BCUT2D eigenvalue weighted by Gasteiger charge is -2.24. The summed E-state index contributed by atoms with van der Waals surface area (Å²) in [4.78, 5) is 26.1. The molecule has 130 valence electrons. The lowest BCUT2D eigenvalue weighted by molar-refractivity contribution is -0.117. The third kappa shape index (κ3) is 5.67. The number of rotatable bonds is 2. The Hall–Kier alpha value is -1.82. The normalized spacial score (nSPS) is 24.3. The molecule has 1 heterocycles. The summed E-state index contributed by atoms with van der Waals surface area (Å²) in [6.07, 6.45) is 11.3. The van der Waals surface area contributed by atoms with E-state index in [1.165, 1.54) is 0 Å². The van der Waals surface area contributed by atoms with E-state index < -0.39 is 5.60 Å². The van der Waals surface area contributed by atoms with Crippen molar-refractivity contribution in [3.8, 4) is 0 Å². The summed E-state index contributed by atoms with van der Waals surface area (Å²) >= 11 is 3.39. The molecule has 0 aromatic carbocycles. The largest absolute Gasteiger partial charge is 0.444 e. The minimum Gasteiger partial charge on any atom is -0.444 e. The highest BCUT2D eigenvalue weighted by Gasteiger charge is 2.30. The molecule has 0 unspecified atom stereocenters. The van der Waals surface area contributed by atoms with Gasteiger partial charge in [0.25, 0.3) is 5.91 Å². The van der Waals surface area contributed by atoms with Crippen LogP contribution in [0.15, 0.2) is 46.5 Å². The van der Waals surface area contributed by atoms with Gasteiger partial charge >= 0.3 is 6.09 Å². The first-order valence-electron chi connectivity index (χ1n) is 7.95. The molecule has 0 spiro atoms. The number of nitrogens with one attached hydrogen (secondary N) is 1. The SMILES string of the molecule is CC(C)(C)OC(=O)N1CC[C@@H](NC(=O)C2=C/C=C\C(Br)=C/C=C2)C1. The lowest BCUT2D eigenvalue weighted by Crippen LogP contribution is -2.40. The maximum absolute atomic E-state index is 12.4. The Morgan fingerprint density at radius 2 is 1.96 bits per heavy atom. The summed E-state index contributed by atoms with van der Waals surface area (Å²) in [7, 11) is 0. The Morgan fingerprint density at radius 3 is 2.67 bits per heavy atom. The number of carbonyl (C=O) groups excluding carboxylic acids is 2. The van der Waals surface area contributed by atoms with Crippen LogP contribution in [0.25, 0.3) is 0 Å². The van der Waals surface area contributed by atoms with Gasteiger partial charge in [-0.2, -0.15) is 0 Å². The molecule has 2 rings (SSSR count). The van der Waals surface area contributed by atoms with Crippen LogP contribution in [0.5, 0.6) is 0 Å². The van der Waals surface area contributed by atoms with Crippen molar-refractivity contribution < 1.29 is 14.3 Å². The van der Waals surface area contributed by atoms with Crippen LogP contribution in [0, 0.1) is 0 Å². The van der Waals surface area contributed by atoms with Crippen LogP contribution in [0.3, 0.4) is 0 Å². The summed E-state index contributed by atoms with van der Waals surface area (Å²) < 4.78 is 6.31. The summed E-state index contributed by atoms with van der Waals surface area (Å²) in [5, 5.41) is 2.98. The van der Waals surface area contributed by atoms with Gasteiger partial charge in [-0.05, 0) is 51.5 Å². The molecular formula is C18H23BrN2O3. The third-order valence-corrected chi connectivity index (χ3v) is 4.03. The molecule has 1 atom stereocenters. The van der Waals surface area contributed by atoms with Gasteiger partial charge in [0.15, 0.2) is 0 Å². The van der Waals surface area contributed by atoms with E-state index in [1.807, 2.05) is 45.1 Å². The monoisotopic (exact) mass is 394 g/mol. The van der Waals surface area contributed by atoms with Crippen molar-refractivity contribution in [3.05, 3.63) is 46.5 Å². The maximum Gasteiger partial charge on any atom is 0.410 e. The van der Waals surface area contributed by atoms with Crippen LogP contribution in [0.2, 0.25) is 0 Å². The van der Waals surface area contributed by atoms with Crippen molar-refractivity contribution in [1.82, 2.24) is 10.2 Å². The Morgan fingerprint density at radius 1 is 1.25 bits per heavy atom. The van der Waals surface area contributed by atoms with Crippen molar-refractivity contribution >= 4 is 27.9 Å². The summed E-state index contributed by atoms with van der Waals surface area (Å²) in [6.45, 7) is 6.58. The van der Waals surface area contributed by atoms with Gasteiger partial charge in [-0.1, -0.05) is 28.1 Å². The van der Waals surface area contributed by atoms with Crippen LogP contribution >= 0.6 is 15.9 Å². The third-order valence-electron chi connectivity index (χ3n) is 3.50. The number of nitrogens with zero attached hydrogens (tertiary/aromatic N) is 1. The minimum absolute atomic E-state index is 0.0592. The number of halogens is 1. The topological polar surface area (TPSA) is 58.6 Å². The molecule has 0 radical (unpaired) electrons. The molecule has 1 saturated heterocycles. The van der Waals surface area contributed by atoms with Crippen molar-refractivity contribution in [2.45, 2.75) is 38.8 Å². The van der Waals surface area contributed by atoms with Crippen molar-refractivity contribution in [3.63, 3.8) is 0 Å². The molecule has 24 heavy (non-hydrogen) atoms. The van der Waals surface area contributed by atoms with Gasteiger partial charge in [-0.25, -0.2) is 4.79 Å². The second-order valence-electron chi connectivity index (χ2n) is 6.78. The number of likely N-dealkylation sites (tertiary alicyclic amines) is 1. The van der Waals surface area contributed by atoms with Crippen LogP contribution < -0.4 is 5.32 Å². The van der Waals surface area contributed by atoms with E-state index in [4.69, 9.17) is 4.74 Å². The molecule has 2 amide bonds. The van der Waals surface area contributed by atoms with E-state index in [2.05, 4.69) is 21.2 Å². The first kappa shape index (κ1) is 18.5. The van der Waals surface area contributed by atoms with Gasteiger partial charge < -0.3 is 15.0 Å². The Bertz CT molecular complexity index is 627. The average molecular weight is 395 g/mol. The number of hydrogen-bond acceptors (Lipinski definition) is 3. The van der Waals surface area contributed by atoms with Crippen LogP contribution in [0.1, 0.15) is 27.2 Å². The number of allylic oxidation sites excluding steroid dienone is 6. The van der Waals surface area contributed by atoms with Crippen LogP contribution in [-0.2, 0) is 9.53 Å². The zero-order valence-electron chi connectivity index (χ0n) is 14.2. The number of amides is 2. The van der Waals surface area contributed by atoms with Gasteiger partial charge in [0.1, 0.15) is 5.60 Å². The zero-order valence-corrected chi connectivity index (χ0v) is 15.8. The van der Waals surface area contributed by atoms with E-state index in [1.54, 1.807) is 17.1 Å². The fraction of sp³-hybridized carbons (Fsp3) is 0.444. The molecule has 0 aromatic heterocycles. The molecule has 1 aliphatic heterocycles. The minimum atomic E-state index is -0.513.